The van der Waals surface area contributed by atoms with Crippen molar-refractivity contribution in [2.45, 2.75) is 6.61 Å². The van der Waals surface area contributed by atoms with Crippen molar-refractivity contribution in [3.63, 3.8) is 0 Å². The highest BCUT2D eigenvalue weighted by Crippen LogP contribution is 2.25. The molecule has 1 heterocycles. The molecule has 3 nitrogen and oxygen atoms in total. The fourth-order valence-electron chi connectivity index (χ4n) is 0.548. The van der Waals surface area contributed by atoms with Gasteiger partial charge in [0.1, 0.15) is 6.61 Å². The highest BCUT2D eigenvalue weighted by Gasteiger charge is 2.12. The van der Waals surface area contributed by atoms with Crippen molar-refractivity contribution in [2.24, 2.45) is 0 Å². The molecule has 0 bridgehead atoms. The van der Waals surface area contributed by atoms with Gasteiger partial charge >= 0.3 is 8.25 Å². The Balaban J connectivity index is 2.45. The highest BCUT2D eigenvalue weighted by atomic mass is 79.9. The zero-order valence-electron chi connectivity index (χ0n) is 5.36. The molecule has 60 valence electrons. The Hall–Kier alpha value is 0.200. The lowest BCUT2D eigenvalue weighted by atomic mass is 10.5. The average molecular weight is 256 g/mol. The van der Waals surface area contributed by atoms with Crippen LogP contribution in [0.3, 0.4) is 0 Å². The Labute approximate surface area is 77.1 Å². The summed E-state index contributed by atoms with van der Waals surface area (Å²) in [7, 11) is -2.47. The quantitative estimate of drug-likeness (QED) is 0.845. The molecule has 0 saturated heterocycles. The van der Waals surface area contributed by atoms with Crippen molar-refractivity contribution in [3.05, 3.63) is 20.8 Å². The fourth-order valence-corrected chi connectivity index (χ4v) is 2.28. The predicted molar refractivity (Wildman–Crippen MR) is 46.6 cm³/mol. The second-order valence-corrected chi connectivity index (χ2v) is 5.00. The van der Waals surface area contributed by atoms with Crippen LogP contribution in [-0.2, 0) is 15.7 Å². The van der Waals surface area contributed by atoms with Crippen molar-refractivity contribution in [1.82, 2.24) is 0 Å². The second kappa shape index (κ2) is 4.28. The molecular formula is C5H5BrO3PS+. The predicted octanol–water partition coefficient (Wildman–Crippen LogP) is 2.68. The van der Waals surface area contributed by atoms with Gasteiger partial charge in [-0.1, -0.05) is 0 Å². The van der Waals surface area contributed by atoms with Crippen LogP contribution in [-0.4, -0.2) is 4.89 Å². The largest absolute Gasteiger partial charge is 0.695 e. The minimum atomic E-state index is -2.47. The van der Waals surface area contributed by atoms with Gasteiger partial charge in [0.25, 0.3) is 0 Å². The Morgan fingerprint density at radius 1 is 1.73 bits per heavy atom. The van der Waals surface area contributed by atoms with E-state index in [-0.39, 0.29) is 6.61 Å². The zero-order valence-corrected chi connectivity index (χ0v) is 8.66. The van der Waals surface area contributed by atoms with E-state index in [1.807, 2.05) is 12.1 Å². The van der Waals surface area contributed by atoms with Crippen LogP contribution in [0.2, 0.25) is 0 Å². The van der Waals surface area contributed by atoms with Crippen molar-refractivity contribution in [1.29, 1.82) is 0 Å². The van der Waals surface area contributed by atoms with Gasteiger partial charge in [-0.15, -0.1) is 20.8 Å². The third-order valence-electron chi connectivity index (χ3n) is 0.946. The molecule has 0 fully saturated rings. The molecule has 0 aliphatic carbocycles. The zero-order chi connectivity index (χ0) is 8.27. The first-order chi connectivity index (χ1) is 5.18. The molecular weight excluding hydrogens is 251 g/mol. The van der Waals surface area contributed by atoms with Gasteiger partial charge in [-0.25, -0.2) is 0 Å². The van der Waals surface area contributed by atoms with Crippen molar-refractivity contribution >= 4 is 35.5 Å². The number of rotatable bonds is 3. The Kier molecular flexibility index (Phi) is 3.62. The molecule has 0 aliphatic heterocycles. The molecule has 0 amide bonds. The molecule has 1 aromatic heterocycles. The topological polar surface area (TPSA) is 46.5 Å². The normalized spacial score (nSPS) is 11.6. The number of hydrogen-bond acceptors (Lipinski definition) is 3. The summed E-state index contributed by atoms with van der Waals surface area (Å²) in [6.07, 6.45) is 0. The second-order valence-electron chi connectivity index (χ2n) is 1.72. The Morgan fingerprint density at radius 3 is 2.91 bits per heavy atom. The lowest BCUT2D eigenvalue weighted by molar-refractivity contribution is 0.275. The summed E-state index contributed by atoms with van der Waals surface area (Å²) in [6.45, 7) is 0.196. The molecule has 1 N–H and O–H groups in total. The number of hydrogen-bond donors (Lipinski definition) is 1. The molecule has 0 aromatic carbocycles. The summed E-state index contributed by atoms with van der Waals surface area (Å²) in [5, 5.41) is 0. The minimum absolute atomic E-state index is 0.196. The van der Waals surface area contributed by atoms with Crippen LogP contribution in [0.15, 0.2) is 15.9 Å². The van der Waals surface area contributed by atoms with Crippen LogP contribution in [0.25, 0.3) is 0 Å². The summed E-state index contributed by atoms with van der Waals surface area (Å²) in [5.74, 6) is 0. The fraction of sp³-hybridized carbons (Fsp3) is 0.200. The van der Waals surface area contributed by atoms with E-state index in [1.54, 1.807) is 0 Å². The monoisotopic (exact) mass is 255 g/mol. The molecule has 11 heavy (non-hydrogen) atoms. The van der Waals surface area contributed by atoms with Gasteiger partial charge in [0.05, 0.1) is 3.79 Å². The third kappa shape index (κ3) is 3.40. The average Bonchev–Trinajstić information content (AvgIpc) is 2.31. The summed E-state index contributed by atoms with van der Waals surface area (Å²) < 4.78 is 15.6. The Bertz CT molecular complexity index is 262. The first-order valence-electron chi connectivity index (χ1n) is 2.72. The summed E-state index contributed by atoms with van der Waals surface area (Å²) >= 11 is 4.75. The molecule has 0 spiro atoms. The van der Waals surface area contributed by atoms with Crippen LogP contribution in [0, 0.1) is 0 Å². The van der Waals surface area contributed by atoms with Gasteiger partial charge in [-0.3, -0.25) is 0 Å². The van der Waals surface area contributed by atoms with Crippen LogP contribution in [0.1, 0.15) is 4.88 Å². The summed E-state index contributed by atoms with van der Waals surface area (Å²) in [5.41, 5.74) is 0. The molecule has 0 saturated carbocycles. The van der Waals surface area contributed by atoms with E-state index in [0.29, 0.717) is 0 Å². The maximum atomic E-state index is 10.1. The smallest absolute Gasteiger partial charge is 0.133 e. The first kappa shape index (κ1) is 9.29. The summed E-state index contributed by atoms with van der Waals surface area (Å²) in [6, 6.07) is 3.71. The number of halogens is 1. The number of thiophene rings is 1. The van der Waals surface area contributed by atoms with E-state index in [9.17, 15) is 4.57 Å². The van der Waals surface area contributed by atoms with Gasteiger partial charge in [0.15, 0.2) is 0 Å². The van der Waals surface area contributed by atoms with E-state index >= 15 is 0 Å². The van der Waals surface area contributed by atoms with Crippen molar-refractivity contribution < 1.29 is 14.0 Å². The van der Waals surface area contributed by atoms with Crippen LogP contribution >= 0.6 is 35.5 Å². The SMILES string of the molecule is O=[P+](O)OCc1ccc(Br)s1. The van der Waals surface area contributed by atoms with Gasteiger partial charge < -0.3 is 0 Å². The molecule has 1 aromatic rings. The first-order valence-corrected chi connectivity index (χ1v) is 5.46. The third-order valence-corrected chi connectivity index (χ3v) is 2.89. The molecule has 1 unspecified atom stereocenters. The van der Waals surface area contributed by atoms with Crippen molar-refractivity contribution in [3.8, 4) is 0 Å². The maximum Gasteiger partial charge on any atom is 0.695 e. The Morgan fingerprint density at radius 2 is 2.45 bits per heavy atom. The highest BCUT2D eigenvalue weighted by molar-refractivity contribution is 9.11. The summed E-state index contributed by atoms with van der Waals surface area (Å²) in [4.78, 5) is 9.23. The van der Waals surface area contributed by atoms with E-state index < -0.39 is 8.25 Å². The molecule has 0 aliphatic rings. The molecule has 1 atom stereocenters. The van der Waals surface area contributed by atoms with E-state index in [1.165, 1.54) is 11.3 Å². The van der Waals surface area contributed by atoms with E-state index in [4.69, 9.17) is 4.89 Å². The van der Waals surface area contributed by atoms with Crippen LogP contribution in [0.4, 0.5) is 0 Å². The van der Waals surface area contributed by atoms with Gasteiger partial charge in [-0.2, -0.15) is 0 Å². The standard InChI is InChI=1S/C5H4BrO3PS/c6-5-2-1-4(11-5)3-9-10(7)8/h1-2H,3H2/p+1. The molecule has 1 rings (SSSR count). The van der Waals surface area contributed by atoms with E-state index in [2.05, 4.69) is 20.5 Å². The molecule has 6 heteroatoms. The lowest BCUT2D eigenvalue weighted by Gasteiger charge is -1.83. The van der Waals surface area contributed by atoms with Crippen LogP contribution in [0.5, 0.6) is 0 Å². The minimum Gasteiger partial charge on any atom is -0.133 e. The van der Waals surface area contributed by atoms with Crippen molar-refractivity contribution in [2.75, 3.05) is 0 Å². The molecule has 0 radical (unpaired) electrons. The maximum absolute atomic E-state index is 10.1. The lowest BCUT2D eigenvalue weighted by Crippen LogP contribution is -1.78. The van der Waals surface area contributed by atoms with E-state index in [0.717, 1.165) is 8.66 Å². The van der Waals surface area contributed by atoms with Crippen LogP contribution < -0.4 is 0 Å². The van der Waals surface area contributed by atoms with Gasteiger partial charge in [0, 0.05) is 9.44 Å². The van der Waals surface area contributed by atoms with Gasteiger partial charge in [-0.05, 0) is 28.1 Å². The van der Waals surface area contributed by atoms with Gasteiger partial charge in [0.2, 0.25) is 0 Å².